The van der Waals surface area contributed by atoms with Gasteiger partial charge in [0.05, 0.1) is 0 Å². The third kappa shape index (κ3) is 4.42. The predicted octanol–water partition coefficient (Wildman–Crippen LogP) is 2.52. The van der Waals surface area contributed by atoms with Gasteiger partial charge >= 0.3 is 12.5 Å². The minimum absolute atomic E-state index is 0.286. The van der Waals surface area contributed by atoms with Gasteiger partial charge in [0.25, 0.3) is 5.92 Å². The van der Waals surface area contributed by atoms with E-state index in [9.17, 15) is 26.3 Å². The van der Waals surface area contributed by atoms with Crippen molar-refractivity contribution in [1.82, 2.24) is 0 Å². The van der Waals surface area contributed by atoms with Crippen molar-refractivity contribution in [1.29, 1.82) is 0 Å². The van der Waals surface area contributed by atoms with Crippen LogP contribution in [0.15, 0.2) is 0 Å². The summed E-state index contributed by atoms with van der Waals surface area (Å²) in [5.41, 5.74) is 0. The van der Waals surface area contributed by atoms with E-state index in [1.807, 2.05) is 0 Å². The Morgan fingerprint density at radius 3 is 1.83 bits per heavy atom. The van der Waals surface area contributed by atoms with Crippen molar-refractivity contribution < 1.29 is 31.1 Å². The monoisotopic (exact) mass is 196 g/mol. The molecule has 7 heteroatoms. The van der Waals surface area contributed by atoms with E-state index in [-0.39, 0.29) is 6.92 Å². The zero-order chi connectivity index (χ0) is 9.99. The Balaban J connectivity index is 3.93. The topological polar surface area (TPSA) is 9.23 Å². The first-order valence-electron chi connectivity index (χ1n) is 2.83. The highest BCUT2D eigenvalue weighted by molar-refractivity contribution is 4.61. The smallest absolute Gasteiger partial charge is 0.310 e. The molecule has 1 nitrogen and oxygen atoms in total. The van der Waals surface area contributed by atoms with Crippen molar-refractivity contribution in [3.63, 3.8) is 0 Å². The van der Waals surface area contributed by atoms with Crippen molar-refractivity contribution in [3.05, 3.63) is 0 Å². The van der Waals surface area contributed by atoms with Crippen LogP contribution in [0.5, 0.6) is 0 Å². The van der Waals surface area contributed by atoms with E-state index >= 15 is 0 Å². The molecule has 0 unspecified atom stereocenters. The molecule has 0 spiro atoms. The van der Waals surface area contributed by atoms with E-state index < -0.39 is 25.1 Å². The second-order valence-electron chi connectivity index (χ2n) is 2.22. The summed E-state index contributed by atoms with van der Waals surface area (Å²) in [6, 6.07) is 0. The number of ether oxygens (including phenoxy) is 1. The first kappa shape index (κ1) is 11.5. The molecule has 0 aromatic heterocycles. The molecule has 0 heterocycles. The lowest BCUT2D eigenvalue weighted by atomic mass is 10.4. The largest absolute Gasteiger partial charge is 0.416 e. The Morgan fingerprint density at radius 2 is 1.58 bits per heavy atom. The molecule has 0 aliphatic rings. The molecule has 74 valence electrons. The highest BCUT2D eigenvalue weighted by Crippen LogP contribution is 2.26. The second-order valence-corrected chi connectivity index (χ2v) is 2.22. The molecule has 0 radical (unpaired) electrons. The minimum Gasteiger partial charge on any atom is -0.310 e. The van der Waals surface area contributed by atoms with E-state index in [1.54, 1.807) is 0 Å². The molecule has 0 aromatic carbocycles. The molecule has 0 aromatic rings. The molecular weight excluding hydrogens is 190 g/mol. The van der Waals surface area contributed by atoms with Crippen molar-refractivity contribution in [2.75, 3.05) is 6.61 Å². The molecule has 0 bridgehead atoms. The van der Waals surface area contributed by atoms with Crippen LogP contribution in [0.1, 0.15) is 6.92 Å². The molecular formula is C5H6F6O. The van der Waals surface area contributed by atoms with Gasteiger partial charge in [0, 0.05) is 6.92 Å². The SMILES string of the molecule is CC(F)(F)COC(F)(F)C(F)F. The van der Waals surface area contributed by atoms with Crippen LogP contribution in [0.2, 0.25) is 0 Å². The Bertz CT molecular complexity index is 139. The maximum Gasteiger partial charge on any atom is 0.416 e. The van der Waals surface area contributed by atoms with Gasteiger partial charge in [0.1, 0.15) is 6.61 Å². The maximum absolute atomic E-state index is 11.8. The van der Waals surface area contributed by atoms with Gasteiger partial charge in [0.15, 0.2) is 0 Å². The summed E-state index contributed by atoms with van der Waals surface area (Å²) in [5.74, 6) is -3.54. The van der Waals surface area contributed by atoms with Crippen LogP contribution in [-0.4, -0.2) is 25.1 Å². The summed E-state index contributed by atoms with van der Waals surface area (Å²) >= 11 is 0. The van der Waals surface area contributed by atoms with Gasteiger partial charge in [-0.1, -0.05) is 0 Å². The fourth-order valence-corrected chi connectivity index (χ4v) is 0.286. The van der Waals surface area contributed by atoms with Crippen molar-refractivity contribution in [3.8, 4) is 0 Å². The second kappa shape index (κ2) is 3.51. The lowest BCUT2D eigenvalue weighted by Gasteiger charge is -2.18. The van der Waals surface area contributed by atoms with Crippen LogP contribution in [0.25, 0.3) is 0 Å². The fourth-order valence-electron chi connectivity index (χ4n) is 0.286. The van der Waals surface area contributed by atoms with Gasteiger partial charge in [-0.25, -0.2) is 17.6 Å². The van der Waals surface area contributed by atoms with Gasteiger partial charge in [-0.2, -0.15) is 8.78 Å². The van der Waals surface area contributed by atoms with E-state index in [0.29, 0.717) is 0 Å². The molecule has 0 aliphatic heterocycles. The Kier molecular flexibility index (Phi) is 3.37. The van der Waals surface area contributed by atoms with Crippen LogP contribution in [0.3, 0.4) is 0 Å². The third-order valence-corrected chi connectivity index (χ3v) is 0.772. The quantitative estimate of drug-likeness (QED) is 0.627. The number of hydrogen-bond donors (Lipinski definition) is 0. The highest BCUT2D eigenvalue weighted by atomic mass is 19.3. The van der Waals surface area contributed by atoms with E-state index in [1.165, 1.54) is 0 Å². The molecule has 0 fully saturated rings. The van der Waals surface area contributed by atoms with Crippen LogP contribution in [-0.2, 0) is 4.74 Å². The zero-order valence-electron chi connectivity index (χ0n) is 5.96. The average Bonchev–Trinajstić information content (AvgIpc) is 1.82. The molecule has 0 saturated carbocycles. The average molecular weight is 196 g/mol. The molecule has 0 atom stereocenters. The van der Waals surface area contributed by atoms with Crippen molar-refractivity contribution in [2.45, 2.75) is 25.4 Å². The Labute approximate surface area is 64.3 Å². The Hall–Kier alpha value is -0.460. The van der Waals surface area contributed by atoms with Crippen LogP contribution < -0.4 is 0 Å². The fraction of sp³-hybridized carbons (Fsp3) is 1.00. The third-order valence-electron chi connectivity index (χ3n) is 0.772. The van der Waals surface area contributed by atoms with Gasteiger partial charge < -0.3 is 4.74 Å². The number of halogens is 6. The summed E-state index contributed by atoms with van der Waals surface area (Å²) in [7, 11) is 0. The molecule has 12 heavy (non-hydrogen) atoms. The zero-order valence-corrected chi connectivity index (χ0v) is 5.96. The lowest BCUT2D eigenvalue weighted by molar-refractivity contribution is -0.316. The van der Waals surface area contributed by atoms with Crippen LogP contribution in [0, 0.1) is 0 Å². The van der Waals surface area contributed by atoms with Gasteiger partial charge in [-0.15, -0.1) is 0 Å². The van der Waals surface area contributed by atoms with Gasteiger partial charge in [0.2, 0.25) is 0 Å². The lowest BCUT2D eigenvalue weighted by Crippen LogP contribution is -2.34. The molecule has 0 rings (SSSR count). The maximum atomic E-state index is 11.8. The summed E-state index contributed by atoms with van der Waals surface area (Å²) in [4.78, 5) is 0. The molecule has 0 N–H and O–H groups in total. The first-order chi connectivity index (χ1) is 5.15. The van der Waals surface area contributed by atoms with Crippen molar-refractivity contribution in [2.24, 2.45) is 0 Å². The molecule has 0 aliphatic carbocycles. The van der Waals surface area contributed by atoms with Crippen LogP contribution in [0.4, 0.5) is 26.3 Å². The first-order valence-corrected chi connectivity index (χ1v) is 2.83. The van der Waals surface area contributed by atoms with Crippen molar-refractivity contribution >= 4 is 0 Å². The van der Waals surface area contributed by atoms with Gasteiger partial charge in [-0.05, 0) is 0 Å². The van der Waals surface area contributed by atoms with Crippen LogP contribution >= 0.6 is 0 Å². The van der Waals surface area contributed by atoms with E-state index in [2.05, 4.69) is 4.74 Å². The summed E-state index contributed by atoms with van der Waals surface area (Å²) < 4.78 is 72.7. The predicted molar refractivity (Wildman–Crippen MR) is 27.5 cm³/mol. The van der Waals surface area contributed by atoms with E-state index in [0.717, 1.165) is 0 Å². The number of alkyl halides is 6. The standard InChI is InChI=1S/C5H6F6O/c1-4(8,9)2-12-5(10,11)3(6)7/h3H,2H2,1H3. The number of rotatable bonds is 4. The van der Waals surface area contributed by atoms with E-state index in [4.69, 9.17) is 0 Å². The number of hydrogen-bond acceptors (Lipinski definition) is 1. The normalized spacial score (nSPS) is 14.0. The summed E-state index contributed by atoms with van der Waals surface area (Å²) in [6.45, 7) is -1.45. The summed E-state index contributed by atoms with van der Waals surface area (Å²) in [5, 5.41) is 0. The molecule has 0 saturated heterocycles. The molecule has 0 amide bonds. The van der Waals surface area contributed by atoms with Gasteiger partial charge in [-0.3, -0.25) is 0 Å². The highest BCUT2D eigenvalue weighted by Gasteiger charge is 2.44. The Morgan fingerprint density at radius 1 is 1.17 bits per heavy atom. The minimum atomic E-state index is -4.81. The summed E-state index contributed by atoms with van der Waals surface area (Å²) in [6.07, 6.45) is -8.90.